The van der Waals surface area contributed by atoms with E-state index in [0.717, 1.165) is 0 Å². The maximum Gasteiger partial charge on any atom is 0.335 e. The first-order chi connectivity index (χ1) is 9.83. The van der Waals surface area contributed by atoms with Crippen molar-refractivity contribution < 1.29 is 23.1 Å². The molecule has 1 aromatic rings. The maximum absolute atomic E-state index is 12.4. The first kappa shape index (κ1) is 15.5. The van der Waals surface area contributed by atoms with Gasteiger partial charge in [-0.25, -0.2) is 13.2 Å². The molecule has 7 nitrogen and oxygen atoms in total. The highest BCUT2D eigenvalue weighted by molar-refractivity contribution is 7.89. The summed E-state index contributed by atoms with van der Waals surface area (Å²) in [5.41, 5.74) is 0.0692. The predicted molar refractivity (Wildman–Crippen MR) is 74.5 cm³/mol. The molecule has 114 valence electrons. The number of benzene rings is 1. The molecular weight excluding hydrogens is 296 g/mol. The van der Waals surface area contributed by atoms with Crippen LogP contribution in [0.15, 0.2) is 23.1 Å². The molecule has 0 radical (unpaired) electrons. The Morgan fingerprint density at radius 1 is 1.43 bits per heavy atom. The third-order valence-corrected chi connectivity index (χ3v) is 5.00. The molecule has 1 aromatic carbocycles. The number of carboxylic acids is 1. The summed E-state index contributed by atoms with van der Waals surface area (Å²) in [5.74, 6) is -1.56. The molecule has 1 aliphatic heterocycles. The minimum atomic E-state index is -3.95. The second-order valence-corrected chi connectivity index (χ2v) is 6.52. The van der Waals surface area contributed by atoms with Gasteiger partial charge in [0.2, 0.25) is 15.9 Å². The fourth-order valence-corrected chi connectivity index (χ4v) is 3.77. The average Bonchev–Trinajstić information content (AvgIpc) is 2.41. The normalized spacial score (nSPS) is 19.1. The summed E-state index contributed by atoms with van der Waals surface area (Å²) < 4.78 is 27.1. The van der Waals surface area contributed by atoms with Gasteiger partial charge in [-0.15, -0.1) is 0 Å². The van der Waals surface area contributed by atoms with Gasteiger partial charge in [-0.2, -0.15) is 4.72 Å². The number of sulfonamides is 1. The van der Waals surface area contributed by atoms with Crippen LogP contribution in [0.25, 0.3) is 0 Å². The van der Waals surface area contributed by atoms with Crippen molar-refractivity contribution in [2.75, 3.05) is 6.54 Å². The summed E-state index contributed by atoms with van der Waals surface area (Å²) in [5, 5.41) is 11.6. The Labute approximate surface area is 122 Å². The van der Waals surface area contributed by atoms with Gasteiger partial charge in [0, 0.05) is 6.54 Å². The van der Waals surface area contributed by atoms with Crippen LogP contribution in [-0.4, -0.2) is 38.0 Å². The summed E-state index contributed by atoms with van der Waals surface area (Å²) in [6, 6.07) is 3.21. The Hall–Kier alpha value is -1.93. The molecule has 0 aromatic heterocycles. The minimum Gasteiger partial charge on any atom is -0.478 e. The Morgan fingerprint density at radius 2 is 2.14 bits per heavy atom. The quantitative estimate of drug-likeness (QED) is 0.737. The second-order valence-electron chi connectivity index (χ2n) is 4.84. The molecule has 1 heterocycles. The van der Waals surface area contributed by atoms with Gasteiger partial charge in [0.1, 0.15) is 6.04 Å². The number of nitrogens with one attached hydrogen (secondary N) is 2. The lowest BCUT2D eigenvalue weighted by molar-refractivity contribution is -0.124. The molecule has 3 N–H and O–H groups in total. The van der Waals surface area contributed by atoms with E-state index < -0.39 is 22.0 Å². The zero-order chi connectivity index (χ0) is 15.6. The Bertz CT molecular complexity index is 684. The fourth-order valence-electron chi connectivity index (χ4n) is 2.27. The van der Waals surface area contributed by atoms with Crippen LogP contribution in [0.1, 0.15) is 28.8 Å². The van der Waals surface area contributed by atoms with E-state index >= 15 is 0 Å². The number of carbonyl (C=O) groups is 2. The van der Waals surface area contributed by atoms with Crippen LogP contribution < -0.4 is 10.0 Å². The van der Waals surface area contributed by atoms with Crippen molar-refractivity contribution in [3.8, 4) is 0 Å². The van der Waals surface area contributed by atoms with E-state index in [1.807, 2.05) is 0 Å². The van der Waals surface area contributed by atoms with Crippen molar-refractivity contribution in [3.05, 3.63) is 29.3 Å². The van der Waals surface area contributed by atoms with Crippen LogP contribution in [0.2, 0.25) is 0 Å². The molecular formula is C13H16N2O5S. The van der Waals surface area contributed by atoms with Crippen molar-refractivity contribution >= 4 is 21.9 Å². The highest BCUT2D eigenvalue weighted by Gasteiger charge is 2.29. The molecule has 1 saturated heterocycles. The molecule has 1 unspecified atom stereocenters. The van der Waals surface area contributed by atoms with E-state index in [2.05, 4.69) is 10.0 Å². The van der Waals surface area contributed by atoms with Crippen LogP contribution in [-0.2, 0) is 14.8 Å². The van der Waals surface area contributed by atoms with Crippen LogP contribution in [0.4, 0.5) is 0 Å². The number of rotatable bonds is 4. The summed E-state index contributed by atoms with van der Waals surface area (Å²) in [6.07, 6.45) is 1.11. The number of hydrogen-bond donors (Lipinski definition) is 3. The number of amides is 1. The standard InChI is InChI=1S/C13H16N2O5S/c1-8-9(13(17)18)4-2-6-11(8)21(19,20)15-10-5-3-7-14-12(10)16/h2,4,6,10,15H,3,5,7H2,1H3,(H,14,16)(H,17,18). The summed E-state index contributed by atoms with van der Waals surface area (Å²) >= 11 is 0. The molecule has 0 spiro atoms. The predicted octanol–water partition coefficient (Wildman–Crippen LogP) is 0.250. The lowest BCUT2D eigenvalue weighted by Crippen LogP contribution is -2.50. The monoisotopic (exact) mass is 312 g/mol. The van der Waals surface area contributed by atoms with Gasteiger partial charge in [-0.3, -0.25) is 4.79 Å². The van der Waals surface area contributed by atoms with Crippen LogP contribution in [0, 0.1) is 6.92 Å². The van der Waals surface area contributed by atoms with Gasteiger partial charge < -0.3 is 10.4 Å². The van der Waals surface area contributed by atoms with E-state index in [1.165, 1.54) is 25.1 Å². The molecule has 1 fully saturated rings. The Balaban J connectivity index is 2.34. The third-order valence-electron chi connectivity index (χ3n) is 3.39. The lowest BCUT2D eigenvalue weighted by Gasteiger charge is -2.23. The van der Waals surface area contributed by atoms with Crippen molar-refractivity contribution in [3.63, 3.8) is 0 Å². The summed E-state index contributed by atoms with van der Waals surface area (Å²) in [6.45, 7) is 1.96. The highest BCUT2D eigenvalue weighted by atomic mass is 32.2. The summed E-state index contributed by atoms with van der Waals surface area (Å²) in [4.78, 5) is 22.6. The molecule has 0 bridgehead atoms. The molecule has 1 amide bonds. The van der Waals surface area contributed by atoms with Crippen LogP contribution >= 0.6 is 0 Å². The van der Waals surface area contributed by atoms with E-state index in [0.29, 0.717) is 19.4 Å². The molecule has 1 atom stereocenters. The first-order valence-electron chi connectivity index (χ1n) is 6.46. The lowest BCUT2D eigenvalue weighted by atomic mass is 10.1. The number of piperidine rings is 1. The fraction of sp³-hybridized carbons (Fsp3) is 0.385. The van der Waals surface area contributed by atoms with E-state index in [1.54, 1.807) is 0 Å². The minimum absolute atomic E-state index is 0.0778. The maximum atomic E-state index is 12.4. The number of carbonyl (C=O) groups excluding carboxylic acids is 1. The molecule has 1 aliphatic rings. The SMILES string of the molecule is Cc1c(C(=O)O)cccc1S(=O)(=O)NC1CCCNC1=O. The van der Waals surface area contributed by atoms with Crippen molar-refractivity contribution in [2.24, 2.45) is 0 Å². The number of aromatic carboxylic acids is 1. The summed E-state index contributed by atoms with van der Waals surface area (Å²) in [7, 11) is -3.95. The zero-order valence-corrected chi connectivity index (χ0v) is 12.2. The van der Waals surface area contributed by atoms with Gasteiger partial charge in [0.05, 0.1) is 10.5 Å². The molecule has 2 rings (SSSR count). The third kappa shape index (κ3) is 3.22. The van der Waals surface area contributed by atoms with Gasteiger partial charge >= 0.3 is 5.97 Å². The van der Waals surface area contributed by atoms with Gasteiger partial charge in [0.15, 0.2) is 0 Å². The van der Waals surface area contributed by atoms with E-state index in [4.69, 9.17) is 5.11 Å². The average molecular weight is 312 g/mol. The van der Waals surface area contributed by atoms with Crippen molar-refractivity contribution in [1.29, 1.82) is 0 Å². The van der Waals surface area contributed by atoms with E-state index in [9.17, 15) is 18.0 Å². The highest BCUT2D eigenvalue weighted by Crippen LogP contribution is 2.20. The number of carboxylic acid groups (broad SMARTS) is 1. The largest absolute Gasteiger partial charge is 0.478 e. The Kier molecular flexibility index (Phi) is 4.29. The van der Waals surface area contributed by atoms with Gasteiger partial charge in [0.25, 0.3) is 0 Å². The van der Waals surface area contributed by atoms with Crippen molar-refractivity contribution in [2.45, 2.75) is 30.7 Å². The van der Waals surface area contributed by atoms with Crippen LogP contribution in [0.3, 0.4) is 0 Å². The first-order valence-corrected chi connectivity index (χ1v) is 7.94. The smallest absolute Gasteiger partial charge is 0.335 e. The molecule has 21 heavy (non-hydrogen) atoms. The van der Waals surface area contributed by atoms with Gasteiger partial charge in [-0.05, 0) is 37.5 Å². The molecule has 0 aliphatic carbocycles. The second kappa shape index (κ2) is 5.82. The Morgan fingerprint density at radius 3 is 2.76 bits per heavy atom. The molecule has 8 heteroatoms. The zero-order valence-electron chi connectivity index (χ0n) is 11.4. The topological polar surface area (TPSA) is 113 Å². The van der Waals surface area contributed by atoms with E-state index in [-0.39, 0.29) is 21.9 Å². The van der Waals surface area contributed by atoms with Gasteiger partial charge in [-0.1, -0.05) is 6.07 Å². The number of hydrogen-bond acceptors (Lipinski definition) is 4. The van der Waals surface area contributed by atoms with Crippen LogP contribution in [0.5, 0.6) is 0 Å². The van der Waals surface area contributed by atoms with Crippen molar-refractivity contribution in [1.82, 2.24) is 10.0 Å². The molecule has 0 saturated carbocycles.